The second-order valence-corrected chi connectivity index (χ2v) is 6.29. The molecule has 3 rings (SSSR count). The summed E-state index contributed by atoms with van der Waals surface area (Å²) in [5, 5.41) is 8.50. The number of thiazole rings is 1. The molecule has 104 valence electrons. The van der Waals surface area contributed by atoms with E-state index in [1.165, 1.54) is 11.3 Å². The number of aromatic nitrogens is 1. The highest BCUT2D eigenvalue weighted by Gasteiger charge is 2.22. The van der Waals surface area contributed by atoms with Crippen molar-refractivity contribution < 1.29 is 9.47 Å². The number of hydrogen-bond donors (Lipinski definition) is 1. The first-order valence-electron chi connectivity index (χ1n) is 6.33. The fourth-order valence-corrected chi connectivity index (χ4v) is 3.40. The Kier molecular flexibility index (Phi) is 3.76. The molecular formula is C14H13BrN2O2S. The molecule has 1 N–H and O–H groups in total. The predicted octanol–water partition coefficient (Wildman–Crippen LogP) is 3.87. The summed E-state index contributed by atoms with van der Waals surface area (Å²) in [4.78, 5) is 5.72. The van der Waals surface area contributed by atoms with Crippen LogP contribution < -0.4 is 4.74 Å². The maximum atomic E-state index is 7.87. The van der Waals surface area contributed by atoms with Gasteiger partial charge in [-0.15, -0.1) is 11.3 Å². The Morgan fingerprint density at radius 1 is 1.55 bits per heavy atom. The zero-order valence-electron chi connectivity index (χ0n) is 10.9. The Morgan fingerprint density at radius 2 is 2.40 bits per heavy atom. The third-order valence-electron chi connectivity index (χ3n) is 2.97. The molecule has 4 nitrogen and oxygen atoms in total. The van der Waals surface area contributed by atoms with E-state index in [1.807, 2.05) is 25.1 Å². The number of nitrogens with one attached hydrogen (secondary N) is 1. The number of hydrogen-bond acceptors (Lipinski definition) is 5. The molecule has 0 spiro atoms. The van der Waals surface area contributed by atoms with Gasteiger partial charge in [-0.3, -0.25) is 5.41 Å². The Hall–Kier alpha value is -1.40. The van der Waals surface area contributed by atoms with E-state index in [4.69, 9.17) is 14.9 Å². The first-order valence-corrected chi connectivity index (χ1v) is 7.94. The van der Waals surface area contributed by atoms with Gasteiger partial charge in [0.25, 0.3) is 0 Å². The molecule has 2 aromatic rings. The molecule has 6 heteroatoms. The summed E-state index contributed by atoms with van der Waals surface area (Å²) in [6.45, 7) is 2.98. The van der Waals surface area contributed by atoms with E-state index in [1.54, 1.807) is 0 Å². The van der Waals surface area contributed by atoms with Crippen LogP contribution in [-0.2, 0) is 11.2 Å². The lowest BCUT2D eigenvalue weighted by molar-refractivity contribution is 0.325. The highest BCUT2D eigenvalue weighted by molar-refractivity contribution is 9.10. The maximum absolute atomic E-state index is 7.87. The van der Waals surface area contributed by atoms with E-state index in [0.717, 1.165) is 32.8 Å². The van der Waals surface area contributed by atoms with Crippen LogP contribution in [0.2, 0.25) is 0 Å². The van der Waals surface area contributed by atoms with E-state index in [0.29, 0.717) is 18.2 Å². The molecule has 0 atom stereocenters. The molecule has 0 amide bonds. The van der Waals surface area contributed by atoms with Gasteiger partial charge in [0.05, 0.1) is 18.9 Å². The monoisotopic (exact) mass is 352 g/mol. The molecule has 0 saturated heterocycles. The summed E-state index contributed by atoms with van der Waals surface area (Å²) in [6.07, 6.45) is 0.804. The molecule has 1 aromatic carbocycles. The summed E-state index contributed by atoms with van der Waals surface area (Å²) in [6, 6.07) is 5.93. The number of halogens is 1. The van der Waals surface area contributed by atoms with Crippen molar-refractivity contribution in [3.05, 3.63) is 32.6 Å². The summed E-state index contributed by atoms with van der Waals surface area (Å²) < 4.78 is 12.0. The standard InChI is InChI=1S/C14H13BrN2O2S/c1-2-18-13(16)14-17-12-9-4-3-8(15)7-10(9)19-6-5-11(12)20-14/h3-4,7,16H,2,5-6H2,1H3. The molecule has 0 aliphatic carbocycles. The van der Waals surface area contributed by atoms with Crippen LogP contribution in [0.3, 0.4) is 0 Å². The molecule has 2 heterocycles. The van der Waals surface area contributed by atoms with Crippen LogP contribution in [0.25, 0.3) is 11.3 Å². The minimum absolute atomic E-state index is 0.144. The van der Waals surface area contributed by atoms with Crippen molar-refractivity contribution in [1.82, 2.24) is 4.98 Å². The topological polar surface area (TPSA) is 55.2 Å². The molecule has 1 aliphatic rings. The van der Waals surface area contributed by atoms with E-state index in [-0.39, 0.29) is 5.90 Å². The van der Waals surface area contributed by atoms with Gasteiger partial charge in [-0.25, -0.2) is 4.98 Å². The summed E-state index contributed by atoms with van der Waals surface area (Å²) in [5.41, 5.74) is 1.89. The Labute approximate surface area is 129 Å². The van der Waals surface area contributed by atoms with Gasteiger partial charge in [-0.05, 0) is 25.1 Å². The molecule has 0 saturated carbocycles. The van der Waals surface area contributed by atoms with Crippen LogP contribution in [-0.4, -0.2) is 24.1 Å². The van der Waals surface area contributed by atoms with Gasteiger partial charge >= 0.3 is 0 Å². The van der Waals surface area contributed by atoms with Gasteiger partial charge in [-0.1, -0.05) is 15.9 Å². The lowest BCUT2D eigenvalue weighted by Gasteiger charge is -2.07. The van der Waals surface area contributed by atoms with Crippen molar-refractivity contribution in [2.75, 3.05) is 13.2 Å². The van der Waals surface area contributed by atoms with Crippen LogP contribution in [0.1, 0.15) is 16.8 Å². The van der Waals surface area contributed by atoms with Crippen molar-refractivity contribution in [3.63, 3.8) is 0 Å². The number of nitrogens with zero attached hydrogens (tertiary/aromatic N) is 1. The smallest absolute Gasteiger partial charge is 0.243 e. The van der Waals surface area contributed by atoms with Crippen molar-refractivity contribution in [2.45, 2.75) is 13.3 Å². The van der Waals surface area contributed by atoms with E-state index in [2.05, 4.69) is 20.9 Å². The number of benzene rings is 1. The Balaban J connectivity index is 2.07. The maximum Gasteiger partial charge on any atom is 0.243 e. The number of rotatable bonds is 2. The van der Waals surface area contributed by atoms with Crippen molar-refractivity contribution in [3.8, 4) is 17.0 Å². The van der Waals surface area contributed by atoms with Gasteiger partial charge in [0.2, 0.25) is 5.90 Å². The highest BCUT2D eigenvalue weighted by atomic mass is 79.9. The zero-order chi connectivity index (χ0) is 14.1. The molecule has 0 radical (unpaired) electrons. The fraction of sp³-hybridized carbons (Fsp3) is 0.286. The van der Waals surface area contributed by atoms with E-state index < -0.39 is 0 Å². The molecule has 1 aromatic heterocycles. The Bertz CT molecular complexity index is 669. The summed E-state index contributed by atoms with van der Waals surface area (Å²) in [5.74, 6) is 0.975. The molecular weight excluding hydrogens is 340 g/mol. The third-order valence-corrected chi connectivity index (χ3v) is 4.57. The number of ether oxygens (including phenoxy) is 2. The SMILES string of the molecule is CCOC(=N)c1nc2c(s1)CCOc1cc(Br)ccc1-2. The molecule has 0 bridgehead atoms. The quantitative estimate of drug-likeness (QED) is 0.659. The Morgan fingerprint density at radius 3 is 3.20 bits per heavy atom. The van der Waals surface area contributed by atoms with Gasteiger partial charge in [0, 0.05) is 21.3 Å². The van der Waals surface area contributed by atoms with Crippen molar-refractivity contribution in [2.24, 2.45) is 0 Å². The normalized spacial score (nSPS) is 12.9. The van der Waals surface area contributed by atoms with Crippen LogP contribution in [0.15, 0.2) is 22.7 Å². The molecule has 0 fully saturated rings. The molecule has 20 heavy (non-hydrogen) atoms. The van der Waals surface area contributed by atoms with Crippen LogP contribution in [0.4, 0.5) is 0 Å². The van der Waals surface area contributed by atoms with Crippen molar-refractivity contribution >= 4 is 33.2 Å². The molecule has 1 aliphatic heterocycles. The predicted molar refractivity (Wildman–Crippen MR) is 82.9 cm³/mol. The first-order chi connectivity index (χ1) is 9.69. The lowest BCUT2D eigenvalue weighted by atomic mass is 10.1. The minimum Gasteiger partial charge on any atom is -0.492 e. The third kappa shape index (κ3) is 2.45. The fourth-order valence-electron chi connectivity index (χ4n) is 2.10. The van der Waals surface area contributed by atoms with Gasteiger partial charge in [-0.2, -0.15) is 0 Å². The van der Waals surface area contributed by atoms with Crippen LogP contribution in [0, 0.1) is 5.41 Å². The second-order valence-electron chi connectivity index (χ2n) is 4.29. The average Bonchev–Trinajstić information content (AvgIpc) is 2.77. The zero-order valence-corrected chi connectivity index (χ0v) is 13.3. The minimum atomic E-state index is 0.144. The summed E-state index contributed by atoms with van der Waals surface area (Å²) in [7, 11) is 0. The average molecular weight is 353 g/mol. The lowest BCUT2D eigenvalue weighted by Crippen LogP contribution is -2.04. The van der Waals surface area contributed by atoms with Crippen molar-refractivity contribution in [1.29, 1.82) is 5.41 Å². The second kappa shape index (κ2) is 5.54. The largest absolute Gasteiger partial charge is 0.492 e. The molecule has 0 unspecified atom stereocenters. The van der Waals surface area contributed by atoms with E-state index >= 15 is 0 Å². The number of fused-ring (bicyclic) bond motifs is 3. The van der Waals surface area contributed by atoms with Crippen LogP contribution >= 0.6 is 27.3 Å². The van der Waals surface area contributed by atoms with E-state index in [9.17, 15) is 0 Å². The van der Waals surface area contributed by atoms with Gasteiger partial charge in [0.15, 0.2) is 5.01 Å². The van der Waals surface area contributed by atoms with Gasteiger partial charge < -0.3 is 9.47 Å². The highest BCUT2D eigenvalue weighted by Crippen LogP contribution is 2.38. The first kappa shape index (κ1) is 13.6. The van der Waals surface area contributed by atoms with Gasteiger partial charge in [0.1, 0.15) is 5.75 Å². The van der Waals surface area contributed by atoms with Crippen LogP contribution in [0.5, 0.6) is 5.75 Å². The summed E-state index contributed by atoms with van der Waals surface area (Å²) >= 11 is 4.97.